The number of benzene rings is 3. The first-order chi connectivity index (χ1) is 16.5. The van der Waals surface area contributed by atoms with E-state index < -0.39 is 42.5 Å². The van der Waals surface area contributed by atoms with Gasteiger partial charge in [-0.1, -0.05) is 78.9 Å². The Kier molecular flexibility index (Phi) is 6.89. The lowest BCUT2D eigenvalue weighted by Gasteiger charge is -2.26. The number of fused-ring (bicyclic) bond motifs is 3. The minimum Gasteiger partial charge on any atom is -0.445 e. The Morgan fingerprint density at radius 3 is 1.97 bits per heavy atom. The summed E-state index contributed by atoms with van der Waals surface area (Å²) in [5.74, 6) is -1.98. The van der Waals surface area contributed by atoms with Crippen LogP contribution in [0.1, 0.15) is 22.6 Å². The highest BCUT2D eigenvalue weighted by atomic mass is 16.5. The van der Waals surface area contributed by atoms with Gasteiger partial charge in [-0.3, -0.25) is 9.59 Å². The van der Waals surface area contributed by atoms with E-state index in [1.165, 1.54) is 0 Å². The third-order valence-electron chi connectivity index (χ3n) is 5.82. The quantitative estimate of drug-likeness (QED) is 0.410. The van der Waals surface area contributed by atoms with Gasteiger partial charge in [-0.05, 0) is 27.8 Å². The van der Waals surface area contributed by atoms with E-state index in [9.17, 15) is 19.5 Å². The summed E-state index contributed by atoms with van der Waals surface area (Å²) in [4.78, 5) is 37.6. The Hall–Kier alpha value is -4.17. The van der Waals surface area contributed by atoms with E-state index in [1.54, 1.807) is 12.1 Å². The first kappa shape index (κ1) is 23.0. The number of carbonyl (C=O) groups is 3. The predicted molar refractivity (Wildman–Crippen MR) is 125 cm³/mol. The summed E-state index contributed by atoms with van der Waals surface area (Å²) in [5.41, 5.74) is 10.1. The van der Waals surface area contributed by atoms with E-state index in [0.29, 0.717) is 0 Å². The van der Waals surface area contributed by atoms with Gasteiger partial charge >= 0.3 is 6.09 Å². The number of hydrogen-bond acceptors (Lipinski definition) is 5. The van der Waals surface area contributed by atoms with Crippen molar-refractivity contribution in [1.29, 1.82) is 0 Å². The number of carbonyl (C=O) groups excluding carboxylic acids is 3. The molecule has 0 bridgehead atoms. The average molecular weight is 460 g/mol. The van der Waals surface area contributed by atoms with E-state index in [1.807, 2.05) is 66.7 Å². The van der Waals surface area contributed by atoms with Crippen LogP contribution in [0, 0.1) is 0 Å². The fourth-order valence-corrected chi connectivity index (χ4v) is 4.23. The zero-order chi connectivity index (χ0) is 24.1. The van der Waals surface area contributed by atoms with Crippen molar-refractivity contribution >= 4 is 17.9 Å². The summed E-state index contributed by atoms with van der Waals surface area (Å²) in [6.07, 6.45) is -0.870. The monoisotopic (exact) mass is 459 g/mol. The van der Waals surface area contributed by atoms with E-state index >= 15 is 0 Å². The van der Waals surface area contributed by atoms with Crippen molar-refractivity contribution in [1.82, 2.24) is 10.6 Å². The number of primary amides is 1. The SMILES string of the molecule is NC(=O)[C@H](NC(=O)[C@H](CO)NC(=O)OCc1ccccc1)C1c2ccccc2-c2ccccc21. The molecule has 3 amide bonds. The Balaban J connectivity index is 1.48. The van der Waals surface area contributed by atoms with E-state index in [2.05, 4.69) is 10.6 Å². The third-order valence-corrected chi connectivity index (χ3v) is 5.82. The van der Waals surface area contributed by atoms with Crippen LogP contribution in [0.4, 0.5) is 4.79 Å². The van der Waals surface area contributed by atoms with Gasteiger partial charge in [-0.25, -0.2) is 4.79 Å². The van der Waals surface area contributed by atoms with Crippen LogP contribution < -0.4 is 16.4 Å². The van der Waals surface area contributed by atoms with Crippen LogP contribution in [0.15, 0.2) is 78.9 Å². The lowest BCUT2D eigenvalue weighted by molar-refractivity contribution is -0.129. The molecule has 4 rings (SSSR count). The number of aliphatic hydroxyl groups is 1. The summed E-state index contributed by atoms with van der Waals surface area (Å²) in [6, 6.07) is 21.8. The highest BCUT2D eigenvalue weighted by molar-refractivity contribution is 5.93. The van der Waals surface area contributed by atoms with Crippen LogP contribution in [-0.2, 0) is 20.9 Å². The molecule has 0 aromatic heterocycles. The predicted octanol–water partition coefficient (Wildman–Crippen LogP) is 2.06. The van der Waals surface area contributed by atoms with Crippen LogP contribution in [-0.4, -0.2) is 41.7 Å². The fourth-order valence-electron chi connectivity index (χ4n) is 4.23. The molecule has 8 heteroatoms. The Bertz CT molecular complexity index is 1150. The lowest BCUT2D eigenvalue weighted by Crippen LogP contribution is -2.55. The molecule has 5 N–H and O–H groups in total. The molecule has 0 unspecified atom stereocenters. The number of nitrogens with one attached hydrogen (secondary N) is 2. The number of hydrogen-bond donors (Lipinski definition) is 4. The Morgan fingerprint density at radius 1 is 0.853 bits per heavy atom. The van der Waals surface area contributed by atoms with Gasteiger partial charge in [0.2, 0.25) is 11.8 Å². The van der Waals surface area contributed by atoms with E-state index in [4.69, 9.17) is 10.5 Å². The van der Waals surface area contributed by atoms with Crippen molar-refractivity contribution in [3.63, 3.8) is 0 Å². The van der Waals surface area contributed by atoms with Crippen molar-refractivity contribution in [2.75, 3.05) is 6.61 Å². The highest BCUT2D eigenvalue weighted by Crippen LogP contribution is 2.46. The third kappa shape index (κ3) is 4.77. The minimum atomic E-state index is -1.32. The van der Waals surface area contributed by atoms with Crippen molar-refractivity contribution in [3.8, 4) is 11.1 Å². The molecular formula is C26H25N3O5. The van der Waals surface area contributed by atoms with Crippen molar-refractivity contribution in [2.45, 2.75) is 24.6 Å². The first-order valence-corrected chi connectivity index (χ1v) is 10.9. The molecule has 1 aliphatic carbocycles. The summed E-state index contributed by atoms with van der Waals surface area (Å²) in [6.45, 7) is -0.679. The van der Waals surface area contributed by atoms with Gasteiger partial charge in [-0.15, -0.1) is 0 Å². The maximum absolute atomic E-state index is 12.9. The van der Waals surface area contributed by atoms with Gasteiger partial charge in [0, 0.05) is 5.92 Å². The number of aliphatic hydroxyl groups excluding tert-OH is 1. The van der Waals surface area contributed by atoms with Crippen molar-refractivity contribution in [2.24, 2.45) is 5.73 Å². The maximum Gasteiger partial charge on any atom is 0.408 e. The summed E-state index contributed by atoms with van der Waals surface area (Å²) >= 11 is 0. The van der Waals surface area contributed by atoms with Crippen molar-refractivity contribution < 1.29 is 24.2 Å². The molecule has 3 aromatic rings. The summed E-state index contributed by atoms with van der Waals surface area (Å²) < 4.78 is 5.12. The van der Waals surface area contributed by atoms with Gasteiger partial charge in [0.1, 0.15) is 18.7 Å². The van der Waals surface area contributed by atoms with Crippen molar-refractivity contribution in [3.05, 3.63) is 95.6 Å². The van der Waals surface area contributed by atoms with Gasteiger partial charge in [0.15, 0.2) is 0 Å². The second-order valence-electron chi connectivity index (χ2n) is 7.98. The Morgan fingerprint density at radius 2 is 1.41 bits per heavy atom. The van der Waals surface area contributed by atoms with Gasteiger partial charge < -0.3 is 26.2 Å². The summed E-state index contributed by atoms with van der Waals surface area (Å²) in [7, 11) is 0. The van der Waals surface area contributed by atoms with E-state index in [0.717, 1.165) is 27.8 Å². The number of amides is 3. The Labute approximate surface area is 196 Å². The zero-order valence-corrected chi connectivity index (χ0v) is 18.3. The van der Waals surface area contributed by atoms with Crippen LogP contribution in [0.25, 0.3) is 11.1 Å². The fraction of sp³-hybridized carbons (Fsp3) is 0.192. The normalized spacial score (nSPS) is 13.8. The molecule has 8 nitrogen and oxygen atoms in total. The standard InChI is InChI=1S/C26H25N3O5/c27-24(31)23(22-19-12-6-4-10-17(19)18-11-5-7-13-20(18)22)29-25(32)21(14-30)28-26(33)34-15-16-8-2-1-3-9-16/h1-13,21-23,30H,14-15H2,(H2,27,31)(H,28,33)(H,29,32)/t21-,23+/m0/s1. The number of nitrogens with two attached hydrogens (primary N) is 1. The molecule has 0 heterocycles. The molecule has 0 radical (unpaired) electrons. The molecule has 0 saturated heterocycles. The van der Waals surface area contributed by atoms with Crippen LogP contribution >= 0.6 is 0 Å². The molecular weight excluding hydrogens is 434 g/mol. The number of ether oxygens (including phenoxy) is 1. The zero-order valence-electron chi connectivity index (χ0n) is 18.3. The molecule has 0 fully saturated rings. The molecule has 0 spiro atoms. The van der Waals surface area contributed by atoms with E-state index in [-0.39, 0.29) is 6.61 Å². The van der Waals surface area contributed by atoms with Gasteiger partial charge in [-0.2, -0.15) is 0 Å². The van der Waals surface area contributed by atoms with Crippen LogP contribution in [0.5, 0.6) is 0 Å². The maximum atomic E-state index is 12.9. The number of alkyl carbamates (subject to hydrolysis) is 1. The molecule has 2 atom stereocenters. The molecule has 174 valence electrons. The average Bonchev–Trinajstić information content (AvgIpc) is 3.19. The minimum absolute atomic E-state index is 0.00595. The van der Waals surface area contributed by atoms with Crippen LogP contribution in [0.2, 0.25) is 0 Å². The molecule has 1 aliphatic rings. The first-order valence-electron chi connectivity index (χ1n) is 10.9. The summed E-state index contributed by atoms with van der Waals surface area (Å²) in [5, 5.41) is 14.7. The lowest BCUT2D eigenvalue weighted by atomic mass is 9.88. The second kappa shape index (κ2) is 10.2. The smallest absolute Gasteiger partial charge is 0.408 e. The highest BCUT2D eigenvalue weighted by Gasteiger charge is 2.38. The topological polar surface area (TPSA) is 131 Å². The van der Waals surface area contributed by atoms with Crippen LogP contribution in [0.3, 0.4) is 0 Å². The molecule has 34 heavy (non-hydrogen) atoms. The number of rotatable bonds is 8. The van der Waals surface area contributed by atoms with Gasteiger partial charge in [0.25, 0.3) is 0 Å². The molecule has 3 aromatic carbocycles. The largest absolute Gasteiger partial charge is 0.445 e. The van der Waals surface area contributed by atoms with Gasteiger partial charge in [0.05, 0.1) is 6.61 Å². The molecule has 0 saturated carbocycles. The molecule has 0 aliphatic heterocycles. The second-order valence-corrected chi connectivity index (χ2v) is 7.98.